The number of hydrogen-bond acceptors (Lipinski definition) is 6. The molecule has 0 radical (unpaired) electrons. The summed E-state index contributed by atoms with van der Waals surface area (Å²) >= 11 is 0. The van der Waals surface area contributed by atoms with E-state index in [0.717, 1.165) is 12.3 Å². The third-order valence-corrected chi connectivity index (χ3v) is 3.81. The summed E-state index contributed by atoms with van der Waals surface area (Å²) in [5.41, 5.74) is -0.990. The fraction of sp³-hybridized carbons (Fsp3) is 0.421. The van der Waals surface area contributed by atoms with Crippen molar-refractivity contribution < 1.29 is 22.6 Å². The summed E-state index contributed by atoms with van der Waals surface area (Å²) in [4.78, 5) is 11.3. The number of benzene rings is 1. The highest BCUT2D eigenvalue weighted by atomic mass is 127. The van der Waals surface area contributed by atoms with Crippen LogP contribution in [0.5, 0.6) is 11.5 Å². The standard InChI is InChI=1S/C19H25F3N6O2.HI/c1-13(30-15-6-4-5-14(11-15)29-3)12-27-17(23-2)25-9-10-26-18-24-8-7-16(28-18)19(20,21)22;/h4-8,11,13H,9-10,12H2,1-3H3,(H2,23,25,27)(H,24,26,28);1H. The van der Waals surface area contributed by atoms with Crippen LogP contribution in [0.25, 0.3) is 0 Å². The molecule has 1 aromatic carbocycles. The normalized spacial score (nSPS) is 12.4. The van der Waals surface area contributed by atoms with Gasteiger partial charge in [-0.2, -0.15) is 13.2 Å². The Morgan fingerprint density at radius 2 is 1.90 bits per heavy atom. The number of aliphatic imine (C=N–C) groups is 1. The van der Waals surface area contributed by atoms with E-state index in [1.807, 2.05) is 25.1 Å². The first-order valence-corrected chi connectivity index (χ1v) is 9.21. The smallest absolute Gasteiger partial charge is 0.433 e. The number of aromatic nitrogens is 2. The van der Waals surface area contributed by atoms with Gasteiger partial charge in [-0.1, -0.05) is 6.07 Å². The van der Waals surface area contributed by atoms with Crippen molar-refractivity contribution in [1.29, 1.82) is 0 Å². The summed E-state index contributed by atoms with van der Waals surface area (Å²) in [6.45, 7) is 3.09. The highest BCUT2D eigenvalue weighted by Gasteiger charge is 2.32. The molecule has 1 atom stereocenters. The van der Waals surface area contributed by atoms with Crippen molar-refractivity contribution in [2.75, 3.05) is 39.1 Å². The number of halogens is 4. The molecule has 1 unspecified atom stereocenters. The second-order valence-corrected chi connectivity index (χ2v) is 6.18. The Balaban J connectivity index is 0.00000480. The highest BCUT2D eigenvalue weighted by Crippen LogP contribution is 2.27. The summed E-state index contributed by atoms with van der Waals surface area (Å²) in [5, 5.41) is 8.91. The van der Waals surface area contributed by atoms with E-state index < -0.39 is 11.9 Å². The van der Waals surface area contributed by atoms with Crippen LogP contribution in [0.1, 0.15) is 12.6 Å². The van der Waals surface area contributed by atoms with Gasteiger partial charge in [-0.15, -0.1) is 24.0 Å². The molecular weight excluding hydrogens is 528 g/mol. The van der Waals surface area contributed by atoms with Gasteiger partial charge in [-0.3, -0.25) is 4.99 Å². The van der Waals surface area contributed by atoms with Gasteiger partial charge in [0.25, 0.3) is 0 Å². The van der Waals surface area contributed by atoms with Crippen LogP contribution in [0, 0.1) is 0 Å². The summed E-state index contributed by atoms with van der Waals surface area (Å²) in [6, 6.07) is 8.14. The summed E-state index contributed by atoms with van der Waals surface area (Å²) < 4.78 is 49.0. The number of nitrogens with one attached hydrogen (secondary N) is 3. The van der Waals surface area contributed by atoms with Crippen molar-refractivity contribution in [1.82, 2.24) is 20.6 Å². The van der Waals surface area contributed by atoms with Gasteiger partial charge < -0.3 is 25.4 Å². The van der Waals surface area contributed by atoms with E-state index in [0.29, 0.717) is 37.1 Å². The molecule has 1 heterocycles. The molecular formula is C19H26F3IN6O2. The minimum absolute atomic E-state index is 0. The fourth-order valence-electron chi connectivity index (χ4n) is 2.37. The van der Waals surface area contributed by atoms with Crippen molar-refractivity contribution in [2.24, 2.45) is 4.99 Å². The average Bonchev–Trinajstić information content (AvgIpc) is 2.73. The lowest BCUT2D eigenvalue weighted by atomic mass is 10.3. The number of guanidine groups is 1. The first kappa shape index (κ1) is 26.5. The van der Waals surface area contributed by atoms with Crippen LogP contribution in [0.2, 0.25) is 0 Å². The first-order chi connectivity index (χ1) is 14.3. The van der Waals surface area contributed by atoms with E-state index >= 15 is 0 Å². The number of rotatable bonds is 9. The number of alkyl halides is 3. The quantitative estimate of drug-likeness (QED) is 0.190. The predicted octanol–water partition coefficient (Wildman–Crippen LogP) is 3.17. The largest absolute Gasteiger partial charge is 0.497 e. The monoisotopic (exact) mass is 554 g/mol. The Hall–Kier alpha value is -2.51. The second kappa shape index (κ2) is 13.0. The number of nitrogens with zero attached hydrogens (tertiary/aromatic N) is 3. The molecule has 2 aromatic rings. The Labute approximate surface area is 196 Å². The zero-order valence-electron chi connectivity index (χ0n) is 17.4. The van der Waals surface area contributed by atoms with Crippen LogP contribution in [-0.4, -0.2) is 55.8 Å². The Morgan fingerprint density at radius 1 is 1.16 bits per heavy atom. The molecule has 3 N–H and O–H groups in total. The average molecular weight is 554 g/mol. The van der Waals surface area contributed by atoms with Gasteiger partial charge in [0.15, 0.2) is 5.96 Å². The minimum atomic E-state index is -4.51. The van der Waals surface area contributed by atoms with Crippen LogP contribution < -0.4 is 25.4 Å². The maximum atomic E-state index is 12.7. The van der Waals surface area contributed by atoms with Gasteiger partial charge >= 0.3 is 6.18 Å². The zero-order chi connectivity index (χ0) is 22.0. The number of methoxy groups -OCH3 is 1. The van der Waals surface area contributed by atoms with Crippen LogP contribution in [-0.2, 0) is 6.18 Å². The van der Waals surface area contributed by atoms with Crippen LogP contribution in [0.4, 0.5) is 19.1 Å². The Bertz CT molecular complexity index is 838. The molecule has 8 nitrogen and oxygen atoms in total. The Morgan fingerprint density at radius 3 is 2.58 bits per heavy atom. The van der Waals surface area contributed by atoms with Gasteiger partial charge in [0.1, 0.15) is 23.3 Å². The summed E-state index contributed by atoms with van der Waals surface area (Å²) in [7, 11) is 3.21. The molecule has 0 spiro atoms. The predicted molar refractivity (Wildman–Crippen MR) is 123 cm³/mol. The van der Waals surface area contributed by atoms with Gasteiger partial charge in [-0.25, -0.2) is 9.97 Å². The van der Waals surface area contributed by atoms with E-state index in [4.69, 9.17) is 9.47 Å². The molecule has 0 saturated carbocycles. The summed E-state index contributed by atoms with van der Waals surface area (Å²) in [6.07, 6.45) is -3.59. The third kappa shape index (κ3) is 9.44. The Kier molecular flexibility index (Phi) is 11.1. The van der Waals surface area contributed by atoms with Crippen molar-refractivity contribution in [2.45, 2.75) is 19.2 Å². The number of ether oxygens (including phenoxy) is 2. The third-order valence-electron chi connectivity index (χ3n) is 3.81. The lowest BCUT2D eigenvalue weighted by Crippen LogP contribution is -2.43. The summed E-state index contributed by atoms with van der Waals surface area (Å²) in [5.74, 6) is 1.84. The molecule has 0 saturated heterocycles. The minimum Gasteiger partial charge on any atom is -0.497 e. The van der Waals surface area contributed by atoms with E-state index in [2.05, 4.69) is 30.9 Å². The molecule has 0 fully saturated rings. The van der Waals surface area contributed by atoms with E-state index in [1.54, 1.807) is 20.2 Å². The van der Waals surface area contributed by atoms with Crippen LogP contribution >= 0.6 is 24.0 Å². The van der Waals surface area contributed by atoms with Crippen molar-refractivity contribution in [3.63, 3.8) is 0 Å². The molecule has 0 bridgehead atoms. The molecule has 172 valence electrons. The number of hydrogen-bond donors (Lipinski definition) is 3. The zero-order valence-corrected chi connectivity index (χ0v) is 19.7. The van der Waals surface area contributed by atoms with E-state index in [-0.39, 0.29) is 36.0 Å². The molecule has 1 aromatic heterocycles. The SMILES string of the molecule is CN=C(NCCNc1nccc(C(F)(F)F)n1)NCC(C)Oc1cccc(OC)c1.I. The fourth-order valence-corrected chi connectivity index (χ4v) is 2.37. The van der Waals surface area contributed by atoms with Gasteiger partial charge in [0, 0.05) is 32.4 Å². The highest BCUT2D eigenvalue weighted by molar-refractivity contribution is 14.0. The first-order valence-electron chi connectivity index (χ1n) is 9.21. The van der Waals surface area contributed by atoms with Gasteiger partial charge in [-0.05, 0) is 25.1 Å². The van der Waals surface area contributed by atoms with Gasteiger partial charge in [0.05, 0.1) is 13.7 Å². The lowest BCUT2D eigenvalue weighted by Gasteiger charge is -2.18. The molecule has 12 heteroatoms. The van der Waals surface area contributed by atoms with Crippen LogP contribution in [0.3, 0.4) is 0 Å². The maximum Gasteiger partial charge on any atom is 0.433 e. The number of anilines is 1. The molecule has 2 rings (SSSR count). The topological polar surface area (TPSA) is 92.7 Å². The van der Waals surface area contributed by atoms with E-state index in [9.17, 15) is 13.2 Å². The van der Waals surface area contributed by atoms with E-state index in [1.165, 1.54) is 0 Å². The molecule has 0 aliphatic rings. The van der Waals surface area contributed by atoms with Crippen LogP contribution in [0.15, 0.2) is 41.5 Å². The molecule has 31 heavy (non-hydrogen) atoms. The van der Waals surface area contributed by atoms with Crippen molar-refractivity contribution in [3.05, 3.63) is 42.2 Å². The molecule has 0 aliphatic carbocycles. The van der Waals surface area contributed by atoms with Crippen molar-refractivity contribution >= 4 is 35.9 Å². The lowest BCUT2D eigenvalue weighted by molar-refractivity contribution is -0.141. The second-order valence-electron chi connectivity index (χ2n) is 6.18. The molecule has 0 aliphatic heterocycles. The maximum absolute atomic E-state index is 12.7. The van der Waals surface area contributed by atoms with Crippen molar-refractivity contribution in [3.8, 4) is 11.5 Å². The molecule has 0 amide bonds. The van der Waals surface area contributed by atoms with Gasteiger partial charge in [0.2, 0.25) is 5.95 Å².